The minimum atomic E-state index is -3.17. The lowest BCUT2D eigenvalue weighted by atomic mass is 10.2. The van der Waals surface area contributed by atoms with Gasteiger partial charge in [0.2, 0.25) is 5.91 Å². The predicted molar refractivity (Wildman–Crippen MR) is 99.0 cm³/mol. The summed E-state index contributed by atoms with van der Waals surface area (Å²) in [5.41, 5.74) is 0.661. The van der Waals surface area contributed by atoms with Crippen LogP contribution in [0.15, 0.2) is 30.3 Å². The van der Waals surface area contributed by atoms with Gasteiger partial charge in [-0.2, -0.15) is 0 Å². The maximum atomic E-state index is 12.4. The average molecular weight is 400 g/mol. The lowest BCUT2D eigenvalue weighted by Crippen LogP contribution is -2.52. The molecule has 0 unspecified atom stereocenters. The first-order chi connectivity index (χ1) is 12.3. The third-order valence-electron chi connectivity index (χ3n) is 4.68. The van der Waals surface area contributed by atoms with E-state index in [1.807, 2.05) is 23.1 Å². The standard InChI is InChI=1S/C17H22ClN3O4S/c18-14-11-26(24,25)12-15(14)19-16(22)10-20-6-8-21(9-7-20)17(23)13-4-2-1-3-5-13/h1-5,14-15H,6-12H2,(H,19,22)/t14-,15-/m1/s1. The Morgan fingerprint density at radius 1 is 1.08 bits per heavy atom. The van der Waals surface area contributed by atoms with E-state index in [0.29, 0.717) is 31.7 Å². The van der Waals surface area contributed by atoms with Gasteiger partial charge >= 0.3 is 0 Å². The van der Waals surface area contributed by atoms with Crippen molar-refractivity contribution in [2.75, 3.05) is 44.2 Å². The minimum Gasteiger partial charge on any atom is -0.350 e. The zero-order valence-electron chi connectivity index (χ0n) is 14.3. The molecular weight excluding hydrogens is 378 g/mol. The van der Waals surface area contributed by atoms with Crippen LogP contribution in [-0.2, 0) is 14.6 Å². The molecule has 3 rings (SSSR count). The second-order valence-corrected chi connectivity index (χ2v) is 9.42. The van der Waals surface area contributed by atoms with E-state index in [9.17, 15) is 18.0 Å². The first kappa shape index (κ1) is 19.1. The zero-order chi connectivity index (χ0) is 18.7. The van der Waals surface area contributed by atoms with Crippen molar-refractivity contribution in [1.29, 1.82) is 0 Å². The summed E-state index contributed by atoms with van der Waals surface area (Å²) in [6, 6.07) is 8.59. The smallest absolute Gasteiger partial charge is 0.253 e. The minimum absolute atomic E-state index is 0.00385. The molecule has 2 aliphatic rings. The molecule has 0 radical (unpaired) electrons. The Balaban J connectivity index is 1.45. The van der Waals surface area contributed by atoms with Crippen LogP contribution in [0.1, 0.15) is 10.4 Å². The predicted octanol–water partition coefficient (Wildman–Crippen LogP) is -0.0350. The molecule has 1 aromatic carbocycles. The molecule has 0 saturated carbocycles. The molecule has 0 aliphatic carbocycles. The van der Waals surface area contributed by atoms with Gasteiger partial charge in [-0.15, -0.1) is 11.6 Å². The number of rotatable bonds is 4. The number of carbonyl (C=O) groups excluding carboxylic acids is 2. The van der Waals surface area contributed by atoms with Crippen LogP contribution in [0, 0.1) is 0 Å². The Labute approximate surface area is 158 Å². The van der Waals surface area contributed by atoms with Crippen molar-refractivity contribution in [2.24, 2.45) is 0 Å². The number of sulfone groups is 1. The summed E-state index contributed by atoms with van der Waals surface area (Å²) in [6.07, 6.45) is 0. The number of amides is 2. The number of hydrogen-bond acceptors (Lipinski definition) is 5. The lowest BCUT2D eigenvalue weighted by molar-refractivity contribution is -0.123. The summed E-state index contributed by atoms with van der Waals surface area (Å²) >= 11 is 6.01. The van der Waals surface area contributed by atoms with E-state index < -0.39 is 21.3 Å². The second-order valence-electron chi connectivity index (χ2n) is 6.70. The number of hydrogen-bond donors (Lipinski definition) is 1. The number of benzene rings is 1. The van der Waals surface area contributed by atoms with Crippen molar-refractivity contribution in [3.63, 3.8) is 0 Å². The second kappa shape index (κ2) is 7.94. The Morgan fingerprint density at radius 2 is 1.73 bits per heavy atom. The van der Waals surface area contributed by atoms with E-state index in [0.717, 1.165) is 0 Å². The van der Waals surface area contributed by atoms with Crippen LogP contribution in [0.4, 0.5) is 0 Å². The summed E-state index contributed by atoms with van der Waals surface area (Å²) < 4.78 is 23.1. The molecule has 1 aromatic rings. The summed E-state index contributed by atoms with van der Waals surface area (Å²) in [4.78, 5) is 28.3. The molecule has 2 heterocycles. The Bertz CT molecular complexity index is 763. The molecule has 2 atom stereocenters. The number of alkyl halides is 1. The number of piperazine rings is 1. The fourth-order valence-electron chi connectivity index (χ4n) is 3.26. The van der Waals surface area contributed by atoms with Gasteiger partial charge in [0.15, 0.2) is 9.84 Å². The Morgan fingerprint density at radius 3 is 2.31 bits per heavy atom. The van der Waals surface area contributed by atoms with E-state index in [2.05, 4.69) is 5.32 Å². The van der Waals surface area contributed by atoms with Crippen LogP contribution >= 0.6 is 11.6 Å². The van der Waals surface area contributed by atoms with Crippen LogP contribution in [0.3, 0.4) is 0 Å². The van der Waals surface area contributed by atoms with Gasteiger partial charge in [0.05, 0.1) is 29.5 Å². The van der Waals surface area contributed by atoms with E-state index in [-0.39, 0.29) is 29.9 Å². The summed E-state index contributed by atoms with van der Waals surface area (Å²) in [7, 11) is -3.17. The van der Waals surface area contributed by atoms with Crippen molar-refractivity contribution in [3.8, 4) is 0 Å². The Kier molecular flexibility index (Phi) is 5.84. The highest BCUT2D eigenvalue weighted by Gasteiger charge is 2.37. The van der Waals surface area contributed by atoms with Crippen molar-refractivity contribution in [1.82, 2.24) is 15.1 Å². The van der Waals surface area contributed by atoms with Crippen molar-refractivity contribution in [3.05, 3.63) is 35.9 Å². The SMILES string of the molecule is O=C(CN1CCN(C(=O)c2ccccc2)CC1)N[C@@H]1CS(=O)(=O)C[C@H]1Cl. The van der Waals surface area contributed by atoms with Crippen LogP contribution in [0.25, 0.3) is 0 Å². The third kappa shape index (κ3) is 4.75. The monoisotopic (exact) mass is 399 g/mol. The zero-order valence-corrected chi connectivity index (χ0v) is 15.9. The van der Waals surface area contributed by atoms with Gasteiger partial charge in [0.25, 0.3) is 5.91 Å². The van der Waals surface area contributed by atoms with Crippen LogP contribution in [0.5, 0.6) is 0 Å². The highest BCUT2D eigenvalue weighted by Crippen LogP contribution is 2.18. The molecule has 2 fully saturated rings. The lowest BCUT2D eigenvalue weighted by Gasteiger charge is -2.34. The highest BCUT2D eigenvalue weighted by atomic mass is 35.5. The van der Waals surface area contributed by atoms with E-state index in [1.54, 1.807) is 17.0 Å². The summed E-state index contributed by atoms with van der Waals surface area (Å²) in [5.74, 6) is -0.442. The van der Waals surface area contributed by atoms with Crippen molar-refractivity contribution >= 4 is 33.3 Å². The quantitative estimate of drug-likeness (QED) is 0.718. The van der Waals surface area contributed by atoms with Gasteiger partial charge in [-0.25, -0.2) is 8.42 Å². The van der Waals surface area contributed by atoms with E-state index in [1.165, 1.54) is 0 Å². The van der Waals surface area contributed by atoms with Crippen molar-refractivity contribution in [2.45, 2.75) is 11.4 Å². The maximum absolute atomic E-state index is 12.4. The summed E-state index contributed by atoms with van der Waals surface area (Å²) in [6.45, 7) is 2.47. The third-order valence-corrected chi connectivity index (χ3v) is 7.05. The van der Waals surface area contributed by atoms with Gasteiger partial charge < -0.3 is 10.2 Å². The number of carbonyl (C=O) groups is 2. The van der Waals surface area contributed by atoms with Gasteiger partial charge in [-0.3, -0.25) is 14.5 Å². The van der Waals surface area contributed by atoms with Gasteiger partial charge in [-0.05, 0) is 12.1 Å². The van der Waals surface area contributed by atoms with Crippen LogP contribution in [0.2, 0.25) is 0 Å². The molecule has 2 amide bonds. The van der Waals surface area contributed by atoms with Gasteiger partial charge in [0.1, 0.15) is 0 Å². The average Bonchev–Trinajstić information content (AvgIpc) is 2.87. The Hall–Kier alpha value is -1.64. The van der Waals surface area contributed by atoms with Crippen LogP contribution < -0.4 is 5.32 Å². The van der Waals surface area contributed by atoms with Crippen LogP contribution in [-0.4, -0.2) is 85.7 Å². The maximum Gasteiger partial charge on any atom is 0.253 e. The molecule has 1 N–H and O–H groups in total. The molecule has 142 valence electrons. The molecule has 0 spiro atoms. The molecule has 0 bridgehead atoms. The largest absolute Gasteiger partial charge is 0.350 e. The molecule has 26 heavy (non-hydrogen) atoms. The van der Waals surface area contributed by atoms with Gasteiger partial charge in [0, 0.05) is 31.7 Å². The topological polar surface area (TPSA) is 86.8 Å². The molecule has 9 heteroatoms. The fraction of sp³-hybridized carbons (Fsp3) is 0.529. The normalized spacial score (nSPS) is 25.8. The first-order valence-corrected chi connectivity index (χ1v) is 10.8. The van der Waals surface area contributed by atoms with E-state index in [4.69, 9.17) is 11.6 Å². The number of nitrogens with zero attached hydrogens (tertiary/aromatic N) is 2. The van der Waals surface area contributed by atoms with Gasteiger partial charge in [-0.1, -0.05) is 18.2 Å². The number of halogens is 1. The van der Waals surface area contributed by atoms with E-state index >= 15 is 0 Å². The molecule has 0 aromatic heterocycles. The number of nitrogens with one attached hydrogen (secondary N) is 1. The fourth-order valence-corrected chi connectivity index (χ4v) is 5.81. The summed E-state index contributed by atoms with van der Waals surface area (Å²) in [5, 5.41) is 2.14. The first-order valence-electron chi connectivity index (χ1n) is 8.54. The molecule has 7 nitrogen and oxygen atoms in total. The van der Waals surface area contributed by atoms with Crippen molar-refractivity contribution < 1.29 is 18.0 Å². The molecule has 2 aliphatic heterocycles. The highest BCUT2D eigenvalue weighted by molar-refractivity contribution is 7.91. The molecule has 2 saturated heterocycles. The molecular formula is C17H22ClN3O4S.